The summed E-state index contributed by atoms with van der Waals surface area (Å²) in [6, 6.07) is 20.3. The highest BCUT2D eigenvalue weighted by Crippen LogP contribution is 2.29. The van der Waals surface area contributed by atoms with E-state index in [2.05, 4.69) is 15.3 Å². The summed E-state index contributed by atoms with van der Waals surface area (Å²) in [6.45, 7) is 2.03. The molecule has 3 aromatic carbocycles. The van der Waals surface area contributed by atoms with E-state index in [4.69, 9.17) is 4.74 Å². The molecule has 1 aromatic heterocycles. The van der Waals surface area contributed by atoms with Crippen molar-refractivity contribution in [1.82, 2.24) is 9.97 Å². The van der Waals surface area contributed by atoms with Crippen LogP contribution >= 0.6 is 11.8 Å². The number of fused-ring (bicyclic) bond motifs is 1. The molecular weight excluding hydrogens is 441 g/mol. The summed E-state index contributed by atoms with van der Waals surface area (Å²) in [5, 5.41) is 3.85. The molecule has 0 aliphatic heterocycles. The van der Waals surface area contributed by atoms with Gasteiger partial charge in [0.05, 0.1) is 23.4 Å². The number of thioether (sulfide) groups is 1. The van der Waals surface area contributed by atoms with Gasteiger partial charge in [-0.3, -0.25) is 4.79 Å². The Bertz CT molecular complexity index is 1300. The van der Waals surface area contributed by atoms with Gasteiger partial charge >= 0.3 is 5.97 Å². The van der Waals surface area contributed by atoms with Gasteiger partial charge in [-0.15, -0.1) is 0 Å². The molecule has 6 nitrogen and oxygen atoms in total. The zero-order valence-electron chi connectivity index (χ0n) is 17.7. The van der Waals surface area contributed by atoms with E-state index in [0.29, 0.717) is 39.6 Å². The zero-order chi connectivity index (χ0) is 23.2. The number of benzene rings is 3. The summed E-state index contributed by atoms with van der Waals surface area (Å²) in [5.41, 5.74) is 2.39. The molecule has 0 spiro atoms. The molecule has 0 fully saturated rings. The van der Waals surface area contributed by atoms with Crippen molar-refractivity contribution in [3.05, 3.63) is 84.2 Å². The van der Waals surface area contributed by atoms with Crippen molar-refractivity contribution >= 4 is 40.2 Å². The lowest BCUT2D eigenvalue weighted by molar-refractivity contribution is -0.113. The van der Waals surface area contributed by atoms with E-state index in [1.165, 1.54) is 23.9 Å². The van der Waals surface area contributed by atoms with Gasteiger partial charge in [0.25, 0.3) is 0 Å². The smallest absolute Gasteiger partial charge is 0.338 e. The molecular formula is C25H20FN3O3S. The molecule has 1 heterocycles. The largest absolute Gasteiger partial charge is 0.462 e. The second-order valence-corrected chi connectivity index (χ2v) is 7.98. The number of carbonyl (C=O) groups excluding carboxylic acids is 2. The third-order valence-corrected chi connectivity index (χ3v) is 5.67. The van der Waals surface area contributed by atoms with Gasteiger partial charge in [-0.05, 0) is 49.4 Å². The number of hydrogen-bond donors (Lipinski definition) is 1. The Balaban J connectivity index is 1.51. The first kappa shape index (κ1) is 22.4. The van der Waals surface area contributed by atoms with Crippen molar-refractivity contribution in [3.8, 4) is 11.4 Å². The van der Waals surface area contributed by atoms with Gasteiger partial charge in [0.1, 0.15) is 10.8 Å². The van der Waals surface area contributed by atoms with Crippen LogP contribution in [-0.2, 0) is 9.53 Å². The number of ether oxygens (including phenoxy) is 1. The van der Waals surface area contributed by atoms with Crippen LogP contribution in [0, 0.1) is 5.82 Å². The maximum atomic E-state index is 13.9. The van der Waals surface area contributed by atoms with Gasteiger partial charge < -0.3 is 10.1 Å². The minimum absolute atomic E-state index is 0.0660. The van der Waals surface area contributed by atoms with Crippen LogP contribution in [0.3, 0.4) is 0 Å². The summed E-state index contributed by atoms with van der Waals surface area (Å²) in [5.74, 6) is -0.494. The lowest BCUT2D eigenvalue weighted by Crippen LogP contribution is -2.14. The van der Waals surface area contributed by atoms with Crippen LogP contribution < -0.4 is 5.32 Å². The number of hydrogen-bond acceptors (Lipinski definition) is 6. The van der Waals surface area contributed by atoms with Gasteiger partial charge in [0.15, 0.2) is 5.82 Å². The first-order valence-corrected chi connectivity index (χ1v) is 11.2. The maximum Gasteiger partial charge on any atom is 0.338 e. The van der Waals surface area contributed by atoms with Crippen LogP contribution in [-0.4, -0.2) is 34.2 Å². The van der Waals surface area contributed by atoms with E-state index in [-0.39, 0.29) is 11.7 Å². The predicted molar refractivity (Wildman–Crippen MR) is 127 cm³/mol. The molecule has 0 radical (unpaired) electrons. The second-order valence-electron chi connectivity index (χ2n) is 7.01. The van der Waals surface area contributed by atoms with E-state index in [0.717, 1.165) is 5.56 Å². The summed E-state index contributed by atoms with van der Waals surface area (Å²) in [7, 11) is 0. The van der Waals surface area contributed by atoms with Crippen LogP contribution in [0.1, 0.15) is 17.3 Å². The maximum absolute atomic E-state index is 13.9. The van der Waals surface area contributed by atoms with E-state index in [1.807, 2.05) is 30.3 Å². The number of nitrogens with one attached hydrogen (secondary N) is 1. The van der Waals surface area contributed by atoms with Gasteiger partial charge in [-0.1, -0.05) is 42.1 Å². The van der Waals surface area contributed by atoms with Crippen LogP contribution in [0.2, 0.25) is 0 Å². The minimum Gasteiger partial charge on any atom is -0.462 e. The number of amides is 1. The Morgan fingerprint density at radius 3 is 2.48 bits per heavy atom. The van der Waals surface area contributed by atoms with Gasteiger partial charge in [-0.25, -0.2) is 19.2 Å². The number of aromatic nitrogens is 2. The van der Waals surface area contributed by atoms with E-state index >= 15 is 0 Å². The van der Waals surface area contributed by atoms with Gasteiger partial charge in [0.2, 0.25) is 5.91 Å². The Kier molecular flexibility index (Phi) is 6.95. The third-order valence-electron chi connectivity index (χ3n) is 4.67. The standard InChI is InChI=1S/C25H20FN3O3S/c1-2-32-25(31)17-8-11-19(12-9-17)27-22(30)15-33-24-20-14-18(26)10-13-21(20)28-23(29-24)16-6-4-3-5-7-16/h3-14H,2,15H2,1H3,(H,27,30). The first-order chi connectivity index (χ1) is 16.0. The average Bonchev–Trinajstić information content (AvgIpc) is 2.83. The number of esters is 1. The molecule has 0 atom stereocenters. The molecule has 0 aliphatic rings. The highest BCUT2D eigenvalue weighted by Gasteiger charge is 2.13. The molecule has 0 bridgehead atoms. The molecule has 33 heavy (non-hydrogen) atoms. The van der Waals surface area contributed by atoms with Crippen LogP contribution in [0.5, 0.6) is 0 Å². The molecule has 8 heteroatoms. The Labute approximate surface area is 194 Å². The number of carbonyl (C=O) groups is 2. The third kappa shape index (κ3) is 5.53. The fourth-order valence-electron chi connectivity index (χ4n) is 3.13. The molecule has 4 rings (SSSR count). The van der Waals surface area contributed by atoms with Crippen molar-refractivity contribution in [2.45, 2.75) is 11.9 Å². The fraction of sp³-hybridized carbons (Fsp3) is 0.120. The summed E-state index contributed by atoms with van der Waals surface area (Å²) < 4.78 is 18.8. The predicted octanol–water partition coefficient (Wildman–Crippen LogP) is 5.34. The van der Waals surface area contributed by atoms with Crippen molar-refractivity contribution in [2.75, 3.05) is 17.7 Å². The molecule has 0 saturated heterocycles. The van der Waals surface area contributed by atoms with Crippen LogP contribution in [0.15, 0.2) is 77.8 Å². The molecule has 0 unspecified atom stereocenters. The Morgan fingerprint density at radius 1 is 1.00 bits per heavy atom. The summed E-state index contributed by atoms with van der Waals surface area (Å²) >= 11 is 1.21. The minimum atomic E-state index is -0.414. The number of halogens is 1. The molecule has 0 saturated carbocycles. The van der Waals surface area contributed by atoms with E-state index in [1.54, 1.807) is 37.3 Å². The van der Waals surface area contributed by atoms with Crippen LogP contribution in [0.4, 0.5) is 10.1 Å². The summed E-state index contributed by atoms with van der Waals surface area (Å²) in [4.78, 5) is 33.4. The van der Waals surface area contributed by atoms with Crippen molar-refractivity contribution < 1.29 is 18.7 Å². The SMILES string of the molecule is CCOC(=O)c1ccc(NC(=O)CSc2nc(-c3ccccc3)nc3ccc(F)cc23)cc1. The van der Waals surface area contributed by atoms with Gasteiger partial charge in [0, 0.05) is 16.6 Å². The molecule has 1 amide bonds. The second kappa shape index (κ2) is 10.2. The van der Waals surface area contributed by atoms with Crippen molar-refractivity contribution in [1.29, 1.82) is 0 Å². The van der Waals surface area contributed by atoms with Crippen LogP contribution in [0.25, 0.3) is 22.3 Å². The highest BCUT2D eigenvalue weighted by molar-refractivity contribution is 8.00. The molecule has 0 aliphatic carbocycles. The number of rotatable bonds is 7. The lowest BCUT2D eigenvalue weighted by atomic mass is 10.2. The summed E-state index contributed by atoms with van der Waals surface area (Å²) in [6.07, 6.45) is 0. The molecule has 1 N–H and O–H groups in total. The lowest BCUT2D eigenvalue weighted by Gasteiger charge is -2.10. The highest BCUT2D eigenvalue weighted by atomic mass is 32.2. The van der Waals surface area contributed by atoms with Gasteiger partial charge in [-0.2, -0.15) is 0 Å². The molecule has 4 aromatic rings. The topological polar surface area (TPSA) is 81.2 Å². The van der Waals surface area contributed by atoms with E-state index < -0.39 is 11.8 Å². The van der Waals surface area contributed by atoms with E-state index in [9.17, 15) is 14.0 Å². The average molecular weight is 462 g/mol. The molecule has 166 valence electrons. The zero-order valence-corrected chi connectivity index (χ0v) is 18.6. The normalized spacial score (nSPS) is 10.7. The number of nitrogens with zero attached hydrogens (tertiary/aromatic N) is 2. The Morgan fingerprint density at radius 2 is 1.76 bits per heavy atom. The fourth-order valence-corrected chi connectivity index (χ4v) is 3.94. The van der Waals surface area contributed by atoms with Crippen molar-refractivity contribution in [2.24, 2.45) is 0 Å². The van der Waals surface area contributed by atoms with Crippen molar-refractivity contribution in [3.63, 3.8) is 0 Å². The Hall–Kier alpha value is -3.78. The first-order valence-electron chi connectivity index (χ1n) is 10.3. The monoisotopic (exact) mass is 461 g/mol. The quantitative estimate of drug-likeness (QED) is 0.227. The number of anilines is 1.